The van der Waals surface area contributed by atoms with Crippen LogP contribution in [0.15, 0.2) is 23.8 Å². The number of allylic oxidation sites excluding steroid dienone is 1. The van der Waals surface area contributed by atoms with Crippen molar-refractivity contribution in [1.29, 1.82) is 0 Å². The Morgan fingerprint density at radius 1 is 1.16 bits per heavy atom. The van der Waals surface area contributed by atoms with Crippen molar-refractivity contribution in [3.05, 3.63) is 29.3 Å². The molecule has 178 valence electrons. The van der Waals surface area contributed by atoms with Crippen molar-refractivity contribution in [3.8, 4) is 17.2 Å². The molecule has 1 saturated heterocycles. The highest BCUT2D eigenvalue weighted by Gasteiger charge is 2.58. The summed E-state index contributed by atoms with van der Waals surface area (Å²) in [5, 5.41) is 11.2. The number of carbonyl (C=O) groups is 1. The molecule has 0 saturated carbocycles. The number of aliphatic hydroxyl groups excluding tert-OH is 1. The second kappa shape index (κ2) is 9.71. The summed E-state index contributed by atoms with van der Waals surface area (Å²) in [7, 11) is 4.51. The van der Waals surface area contributed by atoms with Crippen LogP contribution >= 0.6 is 0 Å². The Bertz CT molecular complexity index is 837. The normalized spacial score (nSPS) is 31.7. The Kier molecular flexibility index (Phi) is 7.40. The van der Waals surface area contributed by atoms with Crippen LogP contribution in [-0.4, -0.2) is 56.3 Å². The molecule has 0 bridgehead atoms. The number of rotatable bonds is 6. The molecule has 2 aliphatic rings. The van der Waals surface area contributed by atoms with Crippen LogP contribution in [0.5, 0.6) is 17.2 Å². The highest BCUT2D eigenvalue weighted by atomic mass is 16.6. The first kappa shape index (κ1) is 24.4. The number of aliphatic hydroxyl groups is 1. The van der Waals surface area contributed by atoms with E-state index in [9.17, 15) is 9.90 Å². The molecule has 7 nitrogen and oxygen atoms in total. The Morgan fingerprint density at radius 3 is 2.31 bits per heavy atom. The highest BCUT2D eigenvalue weighted by Crippen LogP contribution is 2.47. The van der Waals surface area contributed by atoms with E-state index in [1.807, 2.05) is 27.7 Å². The minimum absolute atomic E-state index is 0.0865. The van der Waals surface area contributed by atoms with Crippen LogP contribution in [-0.2, 0) is 9.47 Å². The van der Waals surface area contributed by atoms with Gasteiger partial charge in [-0.05, 0) is 44.7 Å². The second-order valence-corrected chi connectivity index (χ2v) is 9.31. The van der Waals surface area contributed by atoms with Crippen molar-refractivity contribution in [2.24, 2.45) is 11.8 Å². The Morgan fingerprint density at radius 2 is 1.78 bits per heavy atom. The lowest BCUT2D eigenvalue weighted by Crippen LogP contribution is -2.43. The smallest absolute Gasteiger partial charge is 0.338 e. The molecule has 7 heteroatoms. The molecule has 0 amide bonds. The van der Waals surface area contributed by atoms with Gasteiger partial charge >= 0.3 is 5.97 Å². The number of ether oxygens (including phenoxy) is 5. The Balaban J connectivity index is 1.93. The van der Waals surface area contributed by atoms with Crippen molar-refractivity contribution in [1.82, 2.24) is 0 Å². The van der Waals surface area contributed by atoms with E-state index in [4.69, 9.17) is 23.7 Å². The van der Waals surface area contributed by atoms with Gasteiger partial charge in [-0.3, -0.25) is 0 Å². The molecule has 1 aromatic carbocycles. The van der Waals surface area contributed by atoms with Crippen molar-refractivity contribution in [2.45, 2.75) is 70.9 Å². The first-order valence-electron chi connectivity index (χ1n) is 11.2. The van der Waals surface area contributed by atoms with Gasteiger partial charge in [0.25, 0.3) is 0 Å². The van der Waals surface area contributed by atoms with E-state index in [0.717, 1.165) is 18.4 Å². The maximum atomic E-state index is 13.2. The standard InChI is InChI=1S/C25H36O7/c1-14(2)20-17(11-15(3)9-8-10-25(4)23(32-25)21(20)26)31-24(27)16-12-18(28-5)22(30-7)19(13-16)29-6/h9,12-14,17,20-21,23,26H,8,10-11H2,1-7H3/b15-9+/t17-,20?,21?,23+,25-/m0/s1. The summed E-state index contributed by atoms with van der Waals surface area (Å²) in [6.45, 7) is 8.16. The molecule has 0 aromatic heterocycles. The molecular formula is C25H36O7. The van der Waals surface area contributed by atoms with Crippen LogP contribution < -0.4 is 14.2 Å². The third-order valence-corrected chi connectivity index (χ3v) is 6.66. The summed E-state index contributed by atoms with van der Waals surface area (Å²) in [6, 6.07) is 3.16. The average Bonchev–Trinajstić information content (AvgIpc) is 3.43. The number of hydrogen-bond donors (Lipinski definition) is 1. The third kappa shape index (κ3) is 4.89. The number of benzene rings is 1. The van der Waals surface area contributed by atoms with E-state index < -0.39 is 18.2 Å². The molecule has 0 radical (unpaired) electrons. The zero-order valence-electron chi connectivity index (χ0n) is 20.1. The van der Waals surface area contributed by atoms with Gasteiger partial charge in [0.2, 0.25) is 5.75 Å². The van der Waals surface area contributed by atoms with Gasteiger partial charge in [0, 0.05) is 12.3 Å². The Labute approximate surface area is 190 Å². The lowest BCUT2D eigenvalue weighted by Gasteiger charge is -2.34. The lowest BCUT2D eigenvalue weighted by atomic mass is 9.78. The third-order valence-electron chi connectivity index (χ3n) is 6.66. The highest BCUT2D eigenvalue weighted by molar-refractivity contribution is 5.91. The summed E-state index contributed by atoms with van der Waals surface area (Å²) >= 11 is 0. The van der Waals surface area contributed by atoms with Gasteiger partial charge in [-0.2, -0.15) is 0 Å². The first-order valence-corrected chi connectivity index (χ1v) is 11.2. The molecule has 0 spiro atoms. The van der Waals surface area contributed by atoms with Crippen LogP contribution in [0.4, 0.5) is 0 Å². The van der Waals surface area contributed by atoms with E-state index >= 15 is 0 Å². The maximum absolute atomic E-state index is 13.2. The van der Waals surface area contributed by atoms with E-state index in [-0.39, 0.29) is 23.5 Å². The number of esters is 1. The van der Waals surface area contributed by atoms with Crippen LogP contribution in [0, 0.1) is 11.8 Å². The van der Waals surface area contributed by atoms with Crippen molar-refractivity contribution >= 4 is 5.97 Å². The number of epoxide rings is 1. The van der Waals surface area contributed by atoms with E-state index in [0.29, 0.717) is 29.2 Å². The molecule has 5 atom stereocenters. The van der Waals surface area contributed by atoms with Crippen molar-refractivity contribution in [3.63, 3.8) is 0 Å². The van der Waals surface area contributed by atoms with Crippen LogP contribution in [0.3, 0.4) is 0 Å². The molecule has 1 aromatic rings. The molecule has 3 rings (SSSR count). The fourth-order valence-corrected chi connectivity index (χ4v) is 4.80. The second-order valence-electron chi connectivity index (χ2n) is 9.31. The zero-order valence-corrected chi connectivity index (χ0v) is 20.1. The molecule has 1 heterocycles. The van der Waals surface area contributed by atoms with Crippen molar-refractivity contribution in [2.75, 3.05) is 21.3 Å². The zero-order chi connectivity index (χ0) is 23.6. The SMILES string of the molecule is COc1cc(C(=O)O[C@H]2C/C(C)=C/CC[C@]3(C)O[C@@H]3C(O)C2C(C)C)cc(OC)c1OC. The van der Waals surface area contributed by atoms with Gasteiger partial charge in [0.05, 0.1) is 38.6 Å². The van der Waals surface area contributed by atoms with Crippen LogP contribution in [0.25, 0.3) is 0 Å². The molecule has 1 aliphatic carbocycles. The lowest BCUT2D eigenvalue weighted by molar-refractivity contribution is -0.0419. The molecule has 1 N–H and O–H groups in total. The van der Waals surface area contributed by atoms with Crippen LogP contribution in [0.2, 0.25) is 0 Å². The summed E-state index contributed by atoms with van der Waals surface area (Å²) < 4.78 is 28.1. The summed E-state index contributed by atoms with van der Waals surface area (Å²) in [6.07, 6.45) is 3.00. The topological polar surface area (TPSA) is 86.8 Å². The van der Waals surface area contributed by atoms with Gasteiger partial charge in [-0.25, -0.2) is 4.79 Å². The summed E-state index contributed by atoms with van der Waals surface area (Å²) in [5.41, 5.74) is 1.10. The first-order chi connectivity index (χ1) is 15.1. The molecule has 1 aliphatic heterocycles. The van der Waals surface area contributed by atoms with Crippen LogP contribution in [0.1, 0.15) is 57.3 Å². The predicted molar refractivity (Wildman–Crippen MR) is 121 cm³/mol. The average molecular weight is 449 g/mol. The molecular weight excluding hydrogens is 412 g/mol. The van der Waals surface area contributed by atoms with E-state index in [2.05, 4.69) is 6.08 Å². The number of hydrogen-bond acceptors (Lipinski definition) is 7. The summed E-state index contributed by atoms with van der Waals surface area (Å²) in [4.78, 5) is 13.2. The number of carbonyl (C=O) groups excluding carboxylic acids is 1. The largest absolute Gasteiger partial charge is 0.493 e. The van der Waals surface area contributed by atoms with Crippen molar-refractivity contribution < 1.29 is 33.6 Å². The molecule has 1 fully saturated rings. The number of methoxy groups -OCH3 is 3. The number of fused-ring (bicyclic) bond motifs is 1. The van der Waals surface area contributed by atoms with Gasteiger partial charge in [0.15, 0.2) is 11.5 Å². The molecule has 32 heavy (non-hydrogen) atoms. The quantitative estimate of drug-likeness (QED) is 0.397. The molecule has 2 unspecified atom stereocenters. The fraction of sp³-hybridized carbons (Fsp3) is 0.640. The van der Waals surface area contributed by atoms with Gasteiger partial charge in [0.1, 0.15) is 12.2 Å². The predicted octanol–water partition coefficient (Wildman–Crippen LogP) is 4.16. The summed E-state index contributed by atoms with van der Waals surface area (Å²) in [5.74, 6) is 0.477. The van der Waals surface area contributed by atoms with E-state index in [1.54, 1.807) is 12.1 Å². The fourth-order valence-electron chi connectivity index (χ4n) is 4.80. The minimum atomic E-state index is -0.719. The minimum Gasteiger partial charge on any atom is -0.493 e. The van der Waals surface area contributed by atoms with Gasteiger partial charge in [-0.15, -0.1) is 0 Å². The monoisotopic (exact) mass is 448 g/mol. The van der Waals surface area contributed by atoms with E-state index in [1.165, 1.54) is 21.3 Å². The Hall–Kier alpha value is -2.25. The van der Waals surface area contributed by atoms with Gasteiger partial charge < -0.3 is 28.8 Å². The maximum Gasteiger partial charge on any atom is 0.338 e. The van der Waals surface area contributed by atoms with Gasteiger partial charge in [-0.1, -0.05) is 25.5 Å².